The van der Waals surface area contributed by atoms with Gasteiger partial charge >= 0.3 is 0 Å². The molecule has 0 bridgehead atoms. The van der Waals surface area contributed by atoms with Gasteiger partial charge in [-0.1, -0.05) is 29.8 Å². The lowest BCUT2D eigenvalue weighted by Gasteiger charge is -2.15. The smallest absolute Gasteiger partial charge is 0.212 e. The number of nitrogens with one attached hydrogen (secondary N) is 1. The SMILES string of the molecule is Cc1cccc([C@H](C)NS(=O)(=O)CCCCCl)c1. The van der Waals surface area contributed by atoms with E-state index in [1.54, 1.807) is 0 Å². The summed E-state index contributed by atoms with van der Waals surface area (Å²) in [4.78, 5) is 0. The highest BCUT2D eigenvalue weighted by Gasteiger charge is 2.15. The number of alkyl halides is 1. The zero-order valence-electron chi connectivity index (χ0n) is 10.8. The van der Waals surface area contributed by atoms with Crippen LogP contribution in [0.5, 0.6) is 0 Å². The average Bonchev–Trinajstić information content (AvgIpc) is 2.28. The van der Waals surface area contributed by atoms with E-state index in [1.165, 1.54) is 0 Å². The largest absolute Gasteiger partial charge is 0.212 e. The Labute approximate surface area is 115 Å². The molecule has 1 rings (SSSR count). The van der Waals surface area contributed by atoms with E-state index in [0.29, 0.717) is 12.3 Å². The van der Waals surface area contributed by atoms with Crippen molar-refractivity contribution in [2.45, 2.75) is 32.7 Å². The van der Waals surface area contributed by atoms with Crippen molar-refractivity contribution in [1.29, 1.82) is 0 Å². The second kappa shape index (κ2) is 7.12. The molecule has 0 amide bonds. The molecule has 0 aliphatic carbocycles. The van der Waals surface area contributed by atoms with Crippen molar-refractivity contribution in [3.8, 4) is 0 Å². The number of hydrogen-bond acceptors (Lipinski definition) is 2. The topological polar surface area (TPSA) is 46.2 Å². The van der Waals surface area contributed by atoms with Gasteiger partial charge in [0.1, 0.15) is 0 Å². The number of aryl methyl sites for hydroxylation is 1. The van der Waals surface area contributed by atoms with Crippen molar-refractivity contribution in [3.63, 3.8) is 0 Å². The first kappa shape index (κ1) is 15.5. The van der Waals surface area contributed by atoms with Crippen LogP contribution in [0.2, 0.25) is 0 Å². The molecule has 1 aromatic carbocycles. The fraction of sp³-hybridized carbons (Fsp3) is 0.538. The van der Waals surface area contributed by atoms with Gasteiger partial charge in [-0.2, -0.15) is 0 Å². The first-order valence-electron chi connectivity index (χ1n) is 6.07. The molecule has 0 heterocycles. The molecule has 102 valence electrons. The number of benzene rings is 1. The molecule has 0 saturated heterocycles. The van der Waals surface area contributed by atoms with E-state index >= 15 is 0 Å². The van der Waals surface area contributed by atoms with Gasteiger partial charge in [-0.3, -0.25) is 0 Å². The van der Waals surface area contributed by atoms with Gasteiger partial charge in [-0.15, -0.1) is 11.6 Å². The van der Waals surface area contributed by atoms with Gasteiger partial charge in [-0.05, 0) is 32.3 Å². The van der Waals surface area contributed by atoms with E-state index in [2.05, 4.69) is 4.72 Å². The fourth-order valence-electron chi connectivity index (χ4n) is 1.72. The van der Waals surface area contributed by atoms with Crippen molar-refractivity contribution < 1.29 is 8.42 Å². The van der Waals surface area contributed by atoms with Crippen LogP contribution < -0.4 is 4.72 Å². The van der Waals surface area contributed by atoms with E-state index in [9.17, 15) is 8.42 Å². The van der Waals surface area contributed by atoms with Crippen LogP contribution in [-0.2, 0) is 10.0 Å². The lowest BCUT2D eigenvalue weighted by molar-refractivity contribution is 0.564. The highest BCUT2D eigenvalue weighted by Crippen LogP contribution is 2.15. The summed E-state index contributed by atoms with van der Waals surface area (Å²) >= 11 is 5.53. The maximum absolute atomic E-state index is 11.8. The third-order valence-electron chi connectivity index (χ3n) is 2.70. The third-order valence-corrected chi connectivity index (χ3v) is 4.50. The molecule has 0 aliphatic rings. The van der Waals surface area contributed by atoms with Crippen molar-refractivity contribution in [3.05, 3.63) is 35.4 Å². The van der Waals surface area contributed by atoms with Crippen LogP contribution in [-0.4, -0.2) is 20.1 Å². The van der Waals surface area contributed by atoms with Crippen molar-refractivity contribution in [2.75, 3.05) is 11.6 Å². The molecule has 0 spiro atoms. The lowest BCUT2D eigenvalue weighted by atomic mass is 10.1. The Morgan fingerprint density at radius 2 is 2.06 bits per heavy atom. The Balaban J connectivity index is 2.61. The molecule has 1 N–H and O–H groups in total. The molecule has 3 nitrogen and oxygen atoms in total. The van der Waals surface area contributed by atoms with Crippen LogP contribution in [0.1, 0.15) is 36.9 Å². The molecule has 0 unspecified atom stereocenters. The van der Waals surface area contributed by atoms with E-state index in [4.69, 9.17) is 11.6 Å². The average molecular weight is 290 g/mol. The summed E-state index contributed by atoms with van der Waals surface area (Å²) in [5.41, 5.74) is 2.11. The molecule has 5 heteroatoms. The molecule has 18 heavy (non-hydrogen) atoms. The molecule has 0 radical (unpaired) electrons. The summed E-state index contributed by atoms with van der Waals surface area (Å²) < 4.78 is 26.3. The second-order valence-electron chi connectivity index (χ2n) is 4.47. The van der Waals surface area contributed by atoms with Crippen LogP contribution in [0.15, 0.2) is 24.3 Å². The zero-order valence-corrected chi connectivity index (χ0v) is 12.4. The van der Waals surface area contributed by atoms with Gasteiger partial charge in [0.2, 0.25) is 10.0 Å². The van der Waals surface area contributed by atoms with Crippen molar-refractivity contribution >= 4 is 21.6 Å². The van der Waals surface area contributed by atoms with Crippen LogP contribution >= 0.6 is 11.6 Å². The lowest BCUT2D eigenvalue weighted by Crippen LogP contribution is -2.29. The Morgan fingerprint density at radius 1 is 1.33 bits per heavy atom. The normalized spacial score (nSPS) is 13.5. The van der Waals surface area contributed by atoms with Gasteiger partial charge in [0.25, 0.3) is 0 Å². The van der Waals surface area contributed by atoms with Crippen LogP contribution in [0.3, 0.4) is 0 Å². The van der Waals surface area contributed by atoms with Crippen LogP contribution in [0, 0.1) is 6.92 Å². The van der Waals surface area contributed by atoms with Gasteiger partial charge < -0.3 is 0 Å². The first-order valence-corrected chi connectivity index (χ1v) is 8.26. The summed E-state index contributed by atoms with van der Waals surface area (Å²) in [6, 6.07) is 7.64. The highest BCUT2D eigenvalue weighted by atomic mass is 35.5. The van der Waals surface area contributed by atoms with Crippen LogP contribution in [0.4, 0.5) is 0 Å². The van der Waals surface area contributed by atoms with E-state index in [0.717, 1.165) is 17.5 Å². The third kappa shape index (κ3) is 5.38. The Hall–Kier alpha value is -0.580. The molecule has 0 aromatic heterocycles. The van der Waals surface area contributed by atoms with Gasteiger partial charge in [-0.25, -0.2) is 13.1 Å². The minimum absolute atomic E-state index is 0.135. The zero-order chi connectivity index (χ0) is 13.6. The number of hydrogen-bond donors (Lipinski definition) is 1. The first-order chi connectivity index (χ1) is 8.44. The number of unbranched alkanes of at least 4 members (excludes halogenated alkanes) is 1. The minimum atomic E-state index is -3.22. The quantitative estimate of drug-likeness (QED) is 0.619. The van der Waals surface area contributed by atoms with Gasteiger partial charge in [0, 0.05) is 11.9 Å². The summed E-state index contributed by atoms with van der Waals surface area (Å²) in [5.74, 6) is 0.638. The monoisotopic (exact) mass is 289 g/mol. The van der Waals surface area contributed by atoms with E-state index < -0.39 is 10.0 Å². The predicted octanol–water partition coefficient (Wildman–Crippen LogP) is 2.99. The molecular formula is C13H20ClNO2S. The Kier molecular flexibility index (Phi) is 6.12. The molecule has 1 atom stereocenters. The molecule has 0 saturated carbocycles. The fourth-order valence-corrected chi connectivity index (χ4v) is 3.29. The molecule has 1 aromatic rings. The second-order valence-corrected chi connectivity index (χ2v) is 6.72. The van der Waals surface area contributed by atoms with Gasteiger partial charge in [0.05, 0.1) is 5.75 Å². The Bertz CT molecular complexity index is 474. The number of rotatable bonds is 7. The Morgan fingerprint density at radius 3 is 2.67 bits per heavy atom. The molecule has 0 aliphatic heterocycles. The standard InChI is InChI=1S/C13H20ClNO2S/c1-11-6-5-7-13(10-11)12(2)15-18(16,17)9-4-3-8-14/h5-7,10,12,15H,3-4,8-9H2,1-2H3/t12-/m0/s1. The maximum atomic E-state index is 11.8. The predicted molar refractivity (Wildman–Crippen MR) is 76.5 cm³/mol. The van der Waals surface area contributed by atoms with E-state index in [-0.39, 0.29) is 11.8 Å². The maximum Gasteiger partial charge on any atom is 0.212 e. The van der Waals surface area contributed by atoms with E-state index in [1.807, 2.05) is 38.1 Å². The molecule has 0 fully saturated rings. The van der Waals surface area contributed by atoms with Crippen LogP contribution in [0.25, 0.3) is 0 Å². The van der Waals surface area contributed by atoms with Crippen molar-refractivity contribution in [2.24, 2.45) is 0 Å². The summed E-state index contributed by atoms with van der Waals surface area (Å²) in [6.07, 6.45) is 1.32. The summed E-state index contributed by atoms with van der Waals surface area (Å²) in [6.45, 7) is 3.85. The highest BCUT2D eigenvalue weighted by molar-refractivity contribution is 7.89. The number of sulfonamides is 1. The number of halogens is 1. The van der Waals surface area contributed by atoms with Crippen molar-refractivity contribution in [1.82, 2.24) is 4.72 Å². The summed E-state index contributed by atoms with van der Waals surface area (Å²) in [5, 5.41) is 0. The minimum Gasteiger partial charge on any atom is -0.212 e. The molecular weight excluding hydrogens is 270 g/mol. The van der Waals surface area contributed by atoms with Gasteiger partial charge in [0.15, 0.2) is 0 Å². The summed E-state index contributed by atoms with van der Waals surface area (Å²) in [7, 11) is -3.22.